The number of aromatic nitrogens is 1. The third kappa shape index (κ3) is 4.51. The molecule has 4 aromatic rings. The molecule has 0 fully saturated rings. The van der Waals surface area contributed by atoms with Crippen LogP contribution in [-0.2, 0) is 0 Å². The van der Waals surface area contributed by atoms with Crippen molar-refractivity contribution in [3.05, 3.63) is 77.9 Å². The Hall–Kier alpha value is -3.60. The smallest absolute Gasteiger partial charge is 0.255 e. The topological polar surface area (TPSA) is 64.4 Å². The van der Waals surface area contributed by atoms with Crippen LogP contribution in [0, 0.1) is 12.8 Å². The highest BCUT2D eigenvalue weighted by Crippen LogP contribution is 2.27. The molecule has 152 valence electrons. The van der Waals surface area contributed by atoms with Crippen LogP contribution in [-0.4, -0.2) is 17.5 Å². The molecule has 0 spiro atoms. The Labute approximate surface area is 175 Å². The first kappa shape index (κ1) is 19.7. The summed E-state index contributed by atoms with van der Waals surface area (Å²) < 4.78 is 11.6. The molecule has 0 radical (unpaired) electrons. The van der Waals surface area contributed by atoms with Crippen molar-refractivity contribution in [2.24, 2.45) is 5.92 Å². The number of hydrogen-bond donors (Lipinski definition) is 1. The van der Waals surface area contributed by atoms with Crippen LogP contribution in [0.5, 0.6) is 5.75 Å². The number of aryl methyl sites for hydroxylation is 1. The average molecular weight is 400 g/mol. The predicted molar refractivity (Wildman–Crippen MR) is 119 cm³/mol. The minimum atomic E-state index is -0.199. The van der Waals surface area contributed by atoms with Crippen LogP contribution < -0.4 is 10.1 Å². The highest BCUT2D eigenvalue weighted by Gasteiger charge is 2.11. The molecule has 1 aromatic heterocycles. The van der Waals surface area contributed by atoms with Crippen molar-refractivity contribution in [1.29, 1.82) is 0 Å². The summed E-state index contributed by atoms with van der Waals surface area (Å²) in [6.45, 7) is 6.80. The van der Waals surface area contributed by atoms with Crippen molar-refractivity contribution in [2.75, 3.05) is 11.9 Å². The number of ether oxygens (including phenoxy) is 1. The second-order valence-electron chi connectivity index (χ2n) is 7.76. The fourth-order valence-corrected chi connectivity index (χ4v) is 3.08. The fraction of sp³-hybridized carbons (Fsp3) is 0.200. The summed E-state index contributed by atoms with van der Waals surface area (Å²) in [6.07, 6.45) is 0. The average Bonchev–Trinajstić information content (AvgIpc) is 3.16. The van der Waals surface area contributed by atoms with E-state index in [0.29, 0.717) is 35.4 Å². The molecule has 1 N–H and O–H groups in total. The Kier molecular flexibility index (Phi) is 5.53. The van der Waals surface area contributed by atoms with Gasteiger partial charge in [-0.1, -0.05) is 32.0 Å². The van der Waals surface area contributed by atoms with Crippen LogP contribution in [0.4, 0.5) is 5.69 Å². The maximum atomic E-state index is 12.7. The minimum absolute atomic E-state index is 0.199. The number of hydrogen-bond acceptors (Lipinski definition) is 4. The lowest BCUT2D eigenvalue weighted by Gasteiger charge is -2.10. The number of anilines is 1. The van der Waals surface area contributed by atoms with Crippen molar-refractivity contribution in [2.45, 2.75) is 20.8 Å². The molecule has 0 saturated heterocycles. The predicted octanol–water partition coefficient (Wildman–Crippen LogP) is 6.09. The first-order valence-electron chi connectivity index (χ1n) is 10.00. The second-order valence-corrected chi connectivity index (χ2v) is 7.76. The molecule has 3 aromatic carbocycles. The van der Waals surface area contributed by atoms with E-state index >= 15 is 0 Å². The number of oxazole rings is 1. The Bertz CT molecular complexity index is 1190. The van der Waals surface area contributed by atoms with Crippen molar-refractivity contribution in [3.8, 4) is 17.2 Å². The third-order valence-corrected chi connectivity index (χ3v) is 4.59. The molecule has 0 aliphatic heterocycles. The van der Waals surface area contributed by atoms with Crippen molar-refractivity contribution < 1.29 is 13.9 Å². The molecule has 1 heterocycles. The zero-order valence-corrected chi connectivity index (χ0v) is 17.3. The van der Waals surface area contributed by atoms with E-state index in [1.165, 1.54) is 0 Å². The lowest BCUT2D eigenvalue weighted by atomic mass is 10.1. The number of rotatable bonds is 6. The van der Waals surface area contributed by atoms with Gasteiger partial charge in [-0.05, 0) is 66.9 Å². The van der Waals surface area contributed by atoms with Crippen LogP contribution in [0.3, 0.4) is 0 Å². The number of fused-ring (bicyclic) bond motifs is 1. The van der Waals surface area contributed by atoms with Gasteiger partial charge in [0.25, 0.3) is 5.91 Å². The Balaban J connectivity index is 1.52. The molecule has 0 saturated carbocycles. The summed E-state index contributed by atoms with van der Waals surface area (Å²) in [6, 6.07) is 20.6. The molecule has 0 aliphatic rings. The molecular formula is C25H24N2O3. The molecule has 5 nitrogen and oxygen atoms in total. The first-order chi connectivity index (χ1) is 14.5. The van der Waals surface area contributed by atoms with Gasteiger partial charge >= 0.3 is 0 Å². The number of nitrogens with one attached hydrogen (secondary N) is 1. The quantitative estimate of drug-likeness (QED) is 0.425. The number of nitrogens with zero attached hydrogens (tertiary/aromatic N) is 1. The van der Waals surface area contributed by atoms with Crippen LogP contribution >= 0.6 is 0 Å². The van der Waals surface area contributed by atoms with Crippen molar-refractivity contribution >= 4 is 22.7 Å². The number of amides is 1. The van der Waals surface area contributed by atoms with Gasteiger partial charge in [0.2, 0.25) is 5.89 Å². The zero-order valence-electron chi connectivity index (χ0n) is 17.3. The van der Waals surface area contributed by atoms with Gasteiger partial charge in [0.1, 0.15) is 11.3 Å². The van der Waals surface area contributed by atoms with E-state index in [0.717, 1.165) is 22.2 Å². The van der Waals surface area contributed by atoms with Gasteiger partial charge in [-0.2, -0.15) is 0 Å². The van der Waals surface area contributed by atoms with Crippen LogP contribution in [0.15, 0.2) is 71.1 Å². The van der Waals surface area contributed by atoms with E-state index in [9.17, 15) is 4.79 Å². The van der Waals surface area contributed by atoms with E-state index in [1.807, 2.05) is 61.5 Å². The molecule has 1 amide bonds. The fourth-order valence-electron chi connectivity index (χ4n) is 3.08. The van der Waals surface area contributed by atoms with Gasteiger partial charge in [0.15, 0.2) is 5.58 Å². The maximum Gasteiger partial charge on any atom is 0.255 e. The summed E-state index contributed by atoms with van der Waals surface area (Å²) in [5.74, 6) is 1.43. The number of carbonyl (C=O) groups excluding carboxylic acids is 1. The van der Waals surface area contributed by atoms with Gasteiger partial charge in [-0.3, -0.25) is 4.79 Å². The van der Waals surface area contributed by atoms with E-state index < -0.39 is 0 Å². The van der Waals surface area contributed by atoms with Gasteiger partial charge in [0.05, 0.1) is 6.61 Å². The maximum absolute atomic E-state index is 12.7. The monoisotopic (exact) mass is 400 g/mol. The molecule has 4 rings (SSSR count). The van der Waals surface area contributed by atoms with E-state index in [-0.39, 0.29) is 5.91 Å². The van der Waals surface area contributed by atoms with Crippen LogP contribution in [0.1, 0.15) is 29.8 Å². The van der Waals surface area contributed by atoms with E-state index in [2.05, 4.69) is 24.1 Å². The third-order valence-electron chi connectivity index (χ3n) is 4.59. The SMILES string of the molecule is Cc1ccc2oc(-c3cccc(NC(=O)c4cccc(OCC(C)C)c4)c3)nc2c1. The molecule has 30 heavy (non-hydrogen) atoms. The lowest BCUT2D eigenvalue weighted by molar-refractivity contribution is 0.102. The molecule has 0 aliphatic carbocycles. The molecule has 5 heteroatoms. The van der Waals surface area contributed by atoms with Crippen LogP contribution in [0.2, 0.25) is 0 Å². The minimum Gasteiger partial charge on any atom is -0.493 e. The Morgan fingerprint density at radius 1 is 1.07 bits per heavy atom. The van der Waals surface area contributed by atoms with Crippen molar-refractivity contribution in [3.63, 3.8) is 0 Å². The Morgan fingerprint density at radius 3 is 2.73 bits per heavy atom. The molecule has 0 unspecified atom stereocenters. The largest absolute Gasteiger partial charge is 0.493 e. The molecule has 0 bridgehead atoms. The highest BCUT2D eigenvalue weighted by molar-refractivity contribution is 6.04. The summed E-state index contributed by atoms with van der Waals surface area (Å²) in [7, 11) is 0. The van der Waals surface area contributed by atoms with E-state index in [1.54, 1.807) is 12.1 Å². The summed E-state index contributed by atoms with van der Waals surface area (Å²) in [5, 5.41) is 2.94. The summed E-state index contributed by atoms with van der Waals surface area (Å²) >= 11 is 0. The van der Waals surface area contributed by atoms with Gasteiger partial charge in [-0.15, -0.1) is 0 Å². The van der Waals surface area contributed by atoms with Crippen LogP contribution in [0.25, 0.3) is 22.6 Å². The molecular weight excluding hydrogens is 376 g/mol. The lowest BCUT2D eigenvalue weighted by Crippen LogP contribution is -2.12. The second kappa shape index (κ2) is 8.41. The first-order valence-corrected chi connectivity index (χ1v) is 10.00. The summed E-state index contributed by atoms with van der Waals surface area (Å²) in [4.78, 5) is 17.3. The van der Waals surface area contributed by atoms with E-state index in [4.69, 9.17) is 9.15 Å². The highest BCUT2D eigenvalue weighted by atomic mass is 16.5. The Morgan fingerprint density at radius 2 is 1.90 bits per heavy atom. The standard InChI is InChI=1S/C25H24N2O3/c1-16(2)15-29-21-9-5-6-18(14-21)24(28)26-20-8-4-7-19(13-20)25-27-22-12-17(3)10-11-23(22)30-25/h4-14,16H,15H2,1-3H3,(H,26,28). The van der Waals surface area contributed by atoms with Crippen molar-refractivity contribution in [1.82, 2.24) is 4.98 Å². The number of benzene rings is 3. The van der Waals surface area contributed by atoms with Gasteiger partial charge in [0, 0.05) is 16.8 Å². The molecule has 0 atom stereocenters. The normalized spacial score (nSPS) is 11.1. The zero-order chi connectivity index (χ0) is 21.1. The van der Waals surface area contributed by atoms with Gasteiger partial charge < -0.3 is 14.5 Å². The summed E-state index contributed by atoms with van der Waals surface area (Å²) in [5.41, 5.74) is 4.70. The van der Waals surface area contributed by atoms with Gasteiger partial charge in [-0.25, -0.2) is 4.98 Å². The number of carbonyl (C=O) groups is 1.